The van der Waals surface area contributed by atoms with E-state index >= 15 is 0 Å². The van der Waals surface area contributed by atoms with Crippen LogP contribution in [0.1, 0.15) is 5.56 Å². The van der Waals surface area contributed by atoms with Gasteiger partial charge in [0, 0.05) is 7.05 Å². The molecule has 0 bridgehead atoms. The Hall–Kier alpha value is -1.30. The second-order valence-electron chi connectivity index (χ2n) is 3.16. The van der Waals surface area contributed by atoms with Crippen molar-refractivity contribution in [1.82, 2.24) is 4.98 Å². The predicted octanol–water partition coefficient (Wildman–Crippen LogP) is 0.368. The second kappa shape index (κ2) is 3.45. The van der Waals surface area contributed by atoms with E-state index in [1.165, 1.54) is 7.05 Å². The number of hydrogen-bond donors (Lipinski definition) is 1. The van der Waals surface area contributed by atoms with Gasteiger partial charge in [0.2, 0.25) is 10.0 Å². The molecule has 0 amide bonds. The molecule has 6 heteroatoms. The van der Waals surface area contributed by atoms with Gasteiger partial charge < -0.3 is 5.73 Å². The van der Waals surface area contributed by atoms with Crippen molar-refractivity contribution in [3.63, 3.8) is 0 Å². The van der Waals surface area contributed by atoms with Gasteiger partial charge in [-0.3, -0.25) is 4.31 Å². The SMILES string of the molecule is Cc1cc(N)nc(N(C)S(C)(=O)=O)c1. The molecule has 0 aromatic carbocycles. The minimum Gasteiger partial charge on any atom is -0.384 e. The van der Waals surface area contributed by atoms with Crippen LogP contribution in [0.4, 0.5) is 11.6 Å². The van der Waals surface area contributed by atoms with Crippen LogP contribution in [0.25, 0.3) is 0 Å². The minimum atomic E-state index is -3.27. The van der Waals surface area contributed by atoms with Crippen molar-refractivity contribution < 1.29 is 8.42 Å². The van der Waals surface area contributed by atoms with Crippen LogP contribution >= 0.6 is 0 Å². The van der Waals surface area contributed by atoms with E-state index in [0.29, 0.717) is 11.6 Å². The molecule has 1 aromatic rings. The van der Waals surface area contributed by atoms with E-state index in [2.05, 4.69) is 4.98 Å². The predicted molar refractivity (Wildman–Crippen MR) is 56.6 cm³/mol. The van der Waals surface area contributed by atoms with Crippen LogP contribution in [-0.2, 0) is 10.0 Å². The Bertz CT molecular complexity index is 422. The summed E-state index contributed by atoms with van der Waals surface area (Å²) in [6.45, 7) is 1.83. The van der Waals surface area contributed by atoms with Crippen LogP contribution in [-0.4, -0.2) is 26.7 Å². The summed E-state index contributed by atoms with van der Waals surface area (Å²) >= 11 is 0. The van der Waals surface area contributed by atoms with Gasteiger partial charge in [-0.15, -0.1) is 0 Å². The first-order chi connectivity index (χ1) is 6.30. The molecule has 0 aliphatic rings. The maximum atomic E-state index is 11.2. The van der Waals surface area contributed by atoms with Gasteiger partial charge in [0.25, 0.3) is 0 Å². The summed E-state index contributed by atoms with van der Waals surface area (Å²) in [6, 6.07) is 3.34. The Morgan fingerprint density at radius 1 is 1.43 bits per heavy atom. The first-order valence-corrected chi connectivity index (χ1v) is 5.83. The number of nitrogen functional groups attached to an aromatic ring is 1. The third-order valence-electron chi connectivity index (χ3n) is 1.80. The molecule has 2 N–H and O–H groups in total. The summed E-state index contributed by atoms with van der Waals surface area (Å²) in [7, 11) is -1.83. The highest BCUT2D eigenvalue weighted by Gasteiger charge is 2.13. The summed E-state index contributed by atoms with van der Waals surface area (Å²) in [5, 5.41) is 0. The average Bonchev–Trinajstić information content (AvgIpc) is 1.99. The van der Waals surface area contributed by atoms with E-state index in [4.69, 9.17) is 5.73 Å². The van der Waals surface area contributed by atoms with E-state index in [-0.39, 0.29) is 0 Å². The lowest BCUT2D eigenvalue weighted by atomic mass is 10.3. The molecule has 1 heterocycles. The number of pyridine rings is 1. The normalized spacial score (nSPS) is 11.4. The third-order valence-corrected chi connectivity index (χ3v) is 2.98. The van der Waals surface area contributed by atoms with Crippen LogP contribution in [0.5, 0.6) is 0 Å². The molecule has 1 rings (SSSR count). The molecule has 0 spiro atoms. The fraction of sp³-hybridized carbons (Fsp3) is 0.375. The zero-order valence-electron chi connectivity index (χ0n) is 8.35. The minimum absolute atomic E-state index is 0.315. The summed E-state index contributed by atoms with van der Waals surface area (Å²) in [5.74, 6) is 0.653. The van der Waals surface area contributed by atoms with Crippen molar-refractivity contribution in [1.29, 1.82) is 0 Å². The fourth-order valence-electron chi connectivity index (χ4n) is 1.01. The van der Waals surface area contributed by atoms with E-state index in [1.54, 1.807) is 12.1 Å². The van der Waals surface area contributed by atoms with Crippen LogP contribution in [0, 0.1) is 6.92 Å². The Morgan fingerprint density at radius 2 is 2.00 bits per heavy atom. The highest BCUT2D eigenvalue weighted by Crippen LogP contribution is 2.16. The number of aryl methyl sites for hydroxylation is 1. The number of nitrogens with two attached hydrogens (primary N) is 1. The lowest BCUT2D eigenvalue weighted by Crippen LogP contribution is -2.26. The average molecular weight is 215 g/mol. The van der Waals surface area contributed by atoms with Gasteiger partial charge >= 0.3 is 0 Å². The molecule has 0 aliphatic heterocycles. The van der Waals surface area contributed by atoms with Gasteiger partial charge in [-0.1, -0.05) is 0 Å². The van der Waals surface area contributed by atoms with Crippen LogP contribution in [0.15, 0.2) is 12.1 Å². The van der Waals surface area contributed by atoms with Crippen molar-refractivity contribution in [3.8, 4) is 0 Å². The molecular formula is C8H13N3O2S. The third kappa shape index (κ3) is 2.35. The number of sulfonamides is 1. The van der Waals surface area contributed by atoms with E-state index in [0.717, 1.165) is 16.1 Å². The summed E-state index contributed by atoms with van der Waals surface area (Å²) in [5.41, 5.74) is 6.39. The molecule has 0 atom stereocenters. The van der Waals surface area contributed by atoms with Gasteiger partial charge in [-0.2, -0.15) is 0 Å². The fourth-order valence-corrected chi connectivity index (χ4v) is 1.44. The van der Waals surface area contributed by atoms with Crippen molar-refractivity contribution in [2.75, 3.05) is 23.3 Å². The zero-order valence-corrected chi connectivity index (χ0v) is 9.17. The number of aromatic nitrogens is 1. The van der Waals surface area contributed by atoms with Crippen molar-refractivity contribution in [2.45, 2.75) is 6.92 Å². The number of hydrogen-bond acceptors (Lipinski definition) is 4. The highest BCUT2D eigenvalue weighted by atomic mass is 32.2. The molecule has 78 valence electrons. The van der Waals surface area contributed by atoms with Gasteiger partial charge in [0.15, 0.2) is 0 Å². The Balaban J connectivity index is 3.20. The maximum Gasteiger partial charge on any atom is 0.233 e. The van der Waals surface area contributed by atoms with E-state index in [1.807, 2.05) is 6.92 Å². The Labute approximate surface area is 83.6 Å². The van der Waals surface area contributed by atoms with Crippen molar-refractivity contribution >= 4 is 21.7 Å². The molecular weight excluding hydrogens is 202 g/mol. The molecule has 0 fully saturated rings. The smallest absolute Gasteiger partial charge is 0.233 e. The van der Waals surface area contributed by atoms with Gasteiger partial charge in [-0.05, 0) is 24.6 Å². The van der Waals surface area contributed by atoms with Crippen molar-refractivity contribution in [2.24, 2.45) is 0 Å². The second-order valence-corrected chi connectivity index (χ2v) is 5.17. The molecule has 14 heavy (non-hydrogen) atoms. The Morgan fingerprint density at radius 3 is 2.43 bits per heavy atom. The van der Waals surface area contributed by atoms with E-state index in [9.17, 15) is 8.42 Å². The zero-order chi connectivity index (χ0) is 10.9. The topological polar surface area (TPSA) is 76.3 Å². The Kier molecular flexibility index (Phi) is 2.66. The largest absolute Gasteiger partial charge is 0.384 e. The molecule has 0 radical (unpaired) electrons. The standard InChI is InChI=1S/C8H13N3O2S/c1-6-4-7(9)10-8(5-6)11(2)14(3,12)13/h4-5H,1-3H3,(H2,9,10). The number of nitrogens with zero attached hydrogens (tertiary/aromatic N) is 2. The van der Waals surface area contributed by atoms with Crippen LogP contribution in [0.2, 0.25) is 0 Å². The first kappa shape index (κ1) is 10.8. The van der Waals surface area contributed by atoms with Gasteiger partial charge in [0.1, 0.15) is 11.6 Å². The maximum absolute atomic E-state index is 11.2. The summed E-state index contributed by atoms with van der Waals surface area (Å²) < 4.78 is 23.5. The molecule has 5 nitrogen and oxygen atoms in total. The summed E-state index contributed by atoms with van der Waals surface area (Å²) in [6.07, 6.45) is 1.12. The van der Waals surface area contributed by atoms with Crippen LogP contribution in [0.3, 0.4) is 0 Å². The van der Waals surface area contributed by atoms with Gasteiger partial charge in [0.05, 0.1) is 6.26 Å². The molecule has 0 saturated carbocycles. The van der Waals surface area contributed by atoms with Gasteiger partial charge in [-0.25, -0.2) is 13.4 Å². The molecule has 0 saturated heterocycles. The lowest BCUT2D eigenvalue weighted by Gasteiger charge is -2.16. The number of rotatable bonds is 2. The first-order valence-electron chi connectivity index (χ1n) is 3.99. The monoisotopic (exact) mass is 215 g/mol. The molecule has 1 aromatic heterocycles. The summed E-state index contributed by atoms with van der Waals surface area (Å²) in [4.78, 5) is 3.92. The quantitative estimate of drug-likeness (QED) is 0.773. The van der Waals surface area contributed by atoms with E-state index < -0.39 is 10.0 Å². The highest BCUT2D eigenvalue weighted by molar-refractivity contribution is 7.92. The van der Waals surface area contributed by atoms with Crippen molar-refractivity contribution in [3.05, 3.63) is 17.7 Å². The number of anilines is 2. The molecule has 0 unspecified atom stereocenters. The lowest BCUT2D eigenvalue weighted by molar-refractivity contribution is 0.600. The molecule has 0 aliphatic carbocycles. The van der Waals surface area contributed by atoms with Crippen LogP contribution < -0.4 is 10.0 Å².